The molecule has 1 radical (unpaired) electrons. The van der Waals surface area contributed by atoms with Gasteiger partial charge < -0.3 is 5.11 Å². The molecule has 1 aromatic heterocycles. The van der Waals surface area contributed by atoms with Crippen LogP contribution in [0.4, 0.5) is 0 Å². The van der Waals surface area contributed by atoms with Crippen molar-refractivity contribution in [2.75, 3.05) is 6.61 Å². The average Bonchev–Trinajstić information content (AvgIpc) is 2.47. The summed E-state index contributed by atoms with van der Waals surface area (Å²) in [5.74, 6) is 0. The summed E-state index contributed by atoms with van der Waals surface area (Å²) in [5.41, 5.74) is 0.922. The van der Waals surface area contributed by atoms with Crippen LogP contribution in [0.15, 0.2) is 24.3 Å². The quantitative estimate of drug-likeness (QED) is 0.708. The van der Waals surface area contributed by atoms with Crippen LogP contribution in [-0.4, -0.2) is 21.5 Å². The molecule has 3 heteroatoms. The molecular weight excluding hydrogens is 152 g/mol. The van der Waals surface area contributed by atoms with Crippen LogP contribution in [0.2, 0.25) is 0 Å². The van der Waals surface area contributed by atoms with E-state index in [1.807, 2.05) is 24.3 Å². The van der Waals surface area contributed by atoms with Crippen LogP contribution in [0.5, 0.6) is 0 Å². The minimum Gasteiger partial charge on any atom is -0.394 e. The highest BCUT2D eigenvalue weighted by molar-refractivity contribution is 5.76. The van der Waals surface area contributed by atoms with E-state index < -0.39 is 0 Å². The summed E-state index contributed by atoms with van der Waals surface area (Å²) in [7, 11) is 0. The molecule has 0 saturated heterocycles. The summed E-state index contributed by atoms with van der Waals surface area (Å²) < 4.78 is 1.63. The molecule has 2 aromatic rings. The van der Waals surface area contributed by atoms with Crippen molar-refractivity contribution in [2.45, 2.75) is 6.54 Å². The third-order valence-electron chi connectivity index (χ3n) is 1.69. The van der Waals surface area contributed by atoms with Crippen LogP contribution >= 0.6 is 0 Å². The summed E-state index contributed by atoms with van der Waals surface area (Å²) in [4.78, 5) is 0. The van der Waals surface area contributed by atoms with Gasteiger partial charge in [0.05, 0.1) is 24.9 Å². The zero-order valence-corrected chi connectivity index (χ0v) is 6.57. The van der Waals surface area contributed by atoms with Gasteiger partial charge in [0.15, 0.2) is 0 Å². The second-order valence-corrected chi connectivity index (χ2v) is 2.58. The van der Waals surface area contributed by atoms with Crippen LogP contribution in [0.25, 0.3) is 10.9 Å². The third-order valence-corrected chi connectivity index (χ3v) is 1.69. The molecule has 0 atom stereocenters. The first-order valence-electron chi connectivity index (χ1n) is 3.86. The molecule has 0 aliphatic carbocycles. The predicted octanol–water partition coefficient (Wildman–Crippen LogP) is 0.829. The molecule has 0 amide bonds. The highest BCUT2D eigenvalue weighted by Crippen LogP contribution is 2.09. The number of aromatic nitrogens is 2. The number of aliphatic hydroxyl groups excluding tert-OH is 1. The Morgan fingerprint density at radius 1 is 1.42 bits per heavy atom. The first-order valence-corrected chi connectivity index (χ1v) is 3.86. The lowest BCUT2D eigenvalue weighted by molar-refractivity contribution is 0.269. The molecule has 0 aliphatic heterocycles. The summed E-state index contributed by atoms with van der Waals surface area (Å²) >= 11 is 0. The zero-order chi connectivity index (χ0) is 8.39. The molecular formula is C9H9N2O. The van der Waals surface area contributed by atoms with Gasteiger partial charge in [-0.2, -0.15) is 5.10 Å². The second kappa shape index (κ2) is 2.95. The van der Waals surface area contributed by atoms with E-state index in [0.29, 0.717) is 6.54 Å². The van der Waals surface area contributed by atoms with Gasteiger partial charge in [0.25, 0.3) is 0 Å². The molecule has 0 fully saturated rings. The van der Waals surface area contributed by atoms with Gasteiger partial charge in [0.1, 0.15) is 0 Å². The Morgan fingerprint density at radius 3 is 3.00 bits per heavy atom. The highest BCUT2D eigenvalue weighted by atomic mass is 16.3. The number of aliphatic hydroxyl groups is 1. The SMILES string of the molecule is OCCn1[c]c2ccccc2n1. The van der Waals surface area contributed by atoms with E-state index in [0.717, 1.165) is 10.9 Å². The highest BCUT2D eigenvalue weighted by Gasteiger charge is 1.97. The minimum absolute atomic E-state index is 0.102. The third kappa shape index (κ3) is 1.19. The van der Waals surface area contributed by atoms with Gasteiger partial charge in [-0.15, -0.1) is 0 Å². The minimum atomic E-state index is 0.102. The van der Waals surface area contributed by atoms with Gasteiger partial charge in [0.2, 0.25) is 0 Å². The van der Waals surface area contributed by atoms with Gasteiger partial charge in [0, 0.05) is 5.39 Å². The summed E-state index contributed by atoms with van der Waals surface area (Å²) in [5, 5.41) is 13.9. The predicted molar refractivity (Wildman–Crippen MR) is 45.7 cm³/mol. The number of hydrogen-bond donors (Lipinski definition) is 1. The van der Waals surface area contributed by atoms with E-state index >= 15 is 0 Å². The van der Waals surface area contributed by atoms with E-state index in [1.54, 1.807) is 4.68 Å². The molecule has 3 nitrogen and oxygen atoms in total. The van der Waals surface area contributed by atoms with Gasteiger partial charge in [-0.3, -0.25) is 4.68 Å². The lowest BCUT2D eigenvalue weighted by Gasteiger charge is -1.92. The van der Waals surface area contributed by atoms with Crippen molar-refractivity contribution in [3.63, 3.8) is 0 Å². The first kappa shape index (κ1) is 7.31. The number of benzene rings is 1. The van der Waals surface area contributed by atoms with Crippen molar-refractivity contribution in [1.82, 2.24) is 9.78 Å². The molecule has 0 unspecified atom stereocenters. The molecule has 0 bridgehead atoms. The monoisotopic (exact) mass is 161 g/mol. The van der Waals surface area contributed by atoms with Crippen molar-refractivity contribution in [2.24, 2.45) is 0 Å². The fraction of sp³-hybridized carbons (Fsp3) is 0.222. The standard InChI is InChI=1S/C9H9N2O/c12-6-5-11-7-8-3-1-2-4-9(8)10-11/h1-4,12H,5-6H2. The Hall–Kier alpha value is -1.35. The van der Waals surface area contributed by atoms with E-state index in [9.17, 15) is 0 Å². The van der Waals surface area contributed by atoms with Gasteiger partial charge in [-0.1, -0.05) is 18.2 Å². The number of hydrogen-bond acceptors (Lipinski definition) is 2. The fourth-order valence-electron chi connectivity index (χ4n) is 1.15. The van der Waals surface area contributed by atoms with Gasteiger partial charge >= 0.3 is 0 Å². The van der Waals surface area contributed by atoms with Gasteiger partial charge in [-0.05, 0) is 6.07 Å². The van der Waals surface area contributed by atoms with Crippen LogP contribution in [0.3, 0.4) is 0 Å². The van der Waals surface area contributed by atoms with Crippen molar-refractivity contribution >= 4 is 10.9 Å². The number of nitrogens with zero attached hydrogens (tertiary/aromatic N) is 2. The van der Waals surface area contributed by atoms with E-state index in [2.05, 4.69) is 11.3 Å². The largest absolute Gasteiger partial charge is 0.394 e. The van der Waals surface area contributed by atoms with Crippen molar-refractivity contribution in [1.29, 1.82) is 0 Å². The Morgan fingerprint density at radius 2 is 2.25 bits per heavy atom. The summed E-state index contributed by atoms with van der Waals surface area (Å²) in [6.07, 6.45) is 3.04. The zero-order valence-electron chi connectivity index (χ0n) is 6.57. The lowest BCUT2D eigenvalue weighted by atomic mass is 10.3. The Bertz CT molecular complexity index is 348. The summed E-state index contributed by atoms with van der Waals surface area (Å²) in [6, 6.07) is 7.77. The topological polar surface area (TPSA) is 38.0 Å². The lowest BCUT2D eigenvalue weighted by Crippen LogP contribution is -2.01. The van der Waals surface area contributed by atoms with E-state index in [-0.39, 0.29) is 6.61 Å². The molecule has 12 heavy (non-hydrogen) atoms. The smallest absolute Gasteiger partial charge is 0.0949 e. The number of fused-ring (bicyclic) bond motifs is 1. The van der Waals surface area contributed by atoms with Gasteiger partial charge in [-0.25, -0.2) is 0 Å². The number of rotatable bonds is 2. The van der Waals surface area contributed by atoms with Crippen LogP contribution in [-0.2, 0) is 6.54 Å². The summed E-state index contributed by atoms with van der Waals surface area (Å²) in [6.45, 7) is 0.610. The normalized spacial score (nSPS) is 10.8. The molecule has 2 rings (SSSR count). The maximum absolute atomic E-state index is 8.66. The van der Waals surface area contributed by atoms with E-state index in [1.165, 1.54) is 0 Å². The Balaban J connectivity index is 2.47. The van der Waals surface area contributed by atoms with Crippen LogP contribution in [0.1, 0.15) is 0 Å². The van der Waals surface area contributed by atoms with Crippen molar-refractivity contribution in [3.05, 3.63) is 30.5 Å². The Kier molecular flexibility index (Phi) is 1.80. The molecule has 1 N–H and O–H groups in total. The average molecular weight is 161 g/mol. The first-order chi connectivity index (χ1) is 5.90. The van der Waals surface area contributed by atoms with Crippen molar-refractivity contribution < 1.29 is 5.11 Å². The van der Waals surface area contributed by atoms with E-state index in [4.69, 9.17) is 5.11 Å². The molecule has 0 aliphatic rings. The molecule has 61 valence electrons. The molecule has 1 aromatic carbocycles. The van der Waals surface area contributed by atoms with Crippen molar-refractivity contribution in [3.8, 4) is 0 Å². The van der Waals surface area contributed by atoms with Crippen LogP contribution < -0.4 is 0 Å². The van der Waals surface area contributed by atoms with Crippen LogP contribution in [0, 0.1) is 6.20 Å². The molecule has 0 spiro atoms. The maximum atomic E-state index is 8.66. The second-order valence-electron chi connectivity index (χ2n) is 2.58. The Labute approximate surface area is 70.2 Å². The molecule has 1 heterocycles. The fourth-order valence-corrected chi connectivity index (χ4v) is 1.15. The molecule has 0 saturated carbocycles. The maximum Gasteiger partial charge on any atom is 0.0949 e.